The van der Waals surface area contributed by atoms with Gasteiger partial charge in [-0.25, -0.2) is 0 Å². The van der Waals surface area contributed by atoms with Crippen LogP contribution in [0, 0.1) is 25.2 Å². The molecule has 56 heavy (non-hydrogen) atoms. The van der Waals surface area contributed by atoms with Crippen LogP contribution in [0.4, 0.5) is 17.1 Å². The van der Waals surface area contributed by atoms with Crippen molar-refractivity contribution in [3.05, 3.63) is 168 Å². The van der Waals surface area contributed by atoms with E-state index in [1.165, 1.54) is 37.7 Å². The predicted molar refractivity (Wildman–Crippen MR) is 230 cm³/mol. The number of hydrogen-bond acceptors (Lipinski definition) is 4. The Balaban J connectivity index is 1.19. The van der Waals surface area contributed by atoms with Gasteiger partial charge in [0.15, 0.2) is 0 Å². The summed E-state index contributed by atoms with van der Waals surface area (Å²) in [5.41, 5.74) is 15.0. The number of rotatable bonds is 6. The molecule has 2 aliphatic heterocycles. The van der Waals surface area contributed by atoms with E-state index in [1.54, 1.807) is 0 Å². The SMILES string of the molecule is Cc1ccc(C#N)cc1N(c1cc2c3c(c1)Oc1cc(-c4ccccc4)ccc1B3c1ccc(-c3ccccc3)cc1O2)c1cc(C2CCCCC2)ccc1C. The van der Waals surface area contributed by atoms with Crippen molar-refractivity contribution in [1.82, 2.24) is 0 Å². The van der Waals surface area contributed by atoms with Crippen molar-refractivity contribution >= 4 is 40.2 Å². The summed E-state index contributed by atoms with van der Waals surface area (Å²) in [6.07, 6.45) is 6.28. The fraction of sp³-hybridized carbons (Fsp3) is 0.157. The van der Waals surface area contributed by atoms with E-state index >= 15 is 0 Å². The highest BCUT2D eigenvalue weighted by atomic mass is 16.5. The van der Waals surface area contributed by atoms with Crippen LogP contribution >= 0.6 is 0 Å². The molecule has 0 spiro atoms. The average Bonchev–Trinajstić information content (AvgIpc) is 3.25. The zero-order valence-electron chi connectivity index (χ0n) is 31.8. The summed E-state index contributed by atoms with van der Waals surface area (Å²) in [6, 6.07) is 53.9. The lowest BCUT2D eigenvalue weighted by Gasteiger charge is -2.36. The molecule has 0 atom stereocenters. The number of ether oxygens (including phenoxy) is 2. The van der Waals surface area contributed by atoms with Crippen LogP contribution in [-0.2, 0) is 0 Å². The van der Waals surface area contributed by atoms with E-state index in [0.29, 0.717) is 11.5 Å². The van der Waals surface area contributed by atoms with E-state index in [1.807, 2.05) is 24.3 Å². The molecule has 270 valence electrons. The van der Waals surface area contributed by atoms with Crippen LogP contribution < -0.4 is 30.8 Å². The van der Waals surface area contributed by atoms with Crippen molar-refractivity contribution in [3.8, 4) is 51.3 Å². The molecule has 7 aromatic carbocycles. The number of anilines is 3. The van der Waals surface area contributed by atoms with Crippen LogP contribution in [0.15, 0.2) is 146 Å². The highest BCUT2D eigenvalue weighted by Crippen LogP contribution is 2.46. The zero-order valence-corrected chi connectivity index (χ0v) is 31.8. The molecule has 1 aliphatic carbocycles. The molecule has 0 amide bonds. The minimum absolute atomic E-state index is 0.0790. The van der Waals surface area contributed by atoms with Gasteiger partial charge in [0.05, 0.1) is 23.0 Å². The summed E-state index contributed by atoms with van der Waals surface area (Å²) >= 11 is 0. The Labute approximate surface area is 329 Å². The van der Waals surface area contributed by atoms with Crippen molar-refractivity contribution in [1.29, 1.82) is 5.26 Å². The number of nitrogens with zero attached hydrogens (tertiary/aromatic N) is 2. The topological polar surface area (TPSA) is 45.5 Å². The molecule has 1 fully saturated rings. The zero-order chi connectivity index (χ0) is 37.8. The summed E-state index contributed by atoms with van der Waals surface area (Å²) in [6.45, 7) is 4.23. The van der Waals surface area contributed by atoms with Crippen LogP contribution in [0.25, 0.3) is 22.3 Å². The molecule has 2 heterocycles. The first kappa shape index (κ1) is 34.0. The standard InChI is InChI=1S/C51H41BN2O2/c1-33-18-20-35(32-53)26-45(33)54(46-27-39(21-19-34(46)2)36-12-6-3-7-13-36)42-30-49-51-50(31-42)56-48-29-41(38-16-10-5-11-17-38)23-25-44(48)52(51)43-24-22-40(28-47(43)55-49)37-14-8-4-9-15-37/h4-5,8-11,14-31,36H,3,6-7,12-13H2,1-2H3. The highest BCUT2D eigenvalue weighted by Gasteiger charge is 2.41. The summed E-state index contributed by atoms with van der Waals surface area (Å²) in [5, 5.41) is 10.1. The third-order valence-electron chi connectivity index (χ3n) is 12.1. The van der Waals surface area contributed by atoms with Crippen LogP contribution in [0.5, 0.6) is 23.0 Å². The Morgan fingerprint density at radius 1 is 0.554 bits per heavy atom. The Morgan fingerprint density at radius 2 is 1.11 bits per heavy atom. The van der Waals surface area contributed by atoms with Gasteiger partial charge in [-0.3, -0.25) is 0 Å². The van der Waals surface area contributed by atoms with E-state index < -0.39 is 0 Å². The number of nitriles is 1. The predicted octanol–water partition coefficient (Wildman–Crippen LogP) is 11.8. The smallest absolute Gasteiger partial charge is 0.260 e. The van der Waals surface area contributed by atoms with Gasteiger partial charge in [-0.05, 0) is 113 Å². The second-order valence-electron chi connectivity index (χ2n) is 15.6. The highest BCUT2D eigenvalue weighted by molar-refractivity contribution is 6.98. The van der Waals surface area contributed by atoms with Gasteiger partial charge < -0.3 is 14.4 Å². The Morgan fingerprint density at radius 3 is 1.68 bits per heavy atom. The van der Waals surface area contributed by atoms with Gasteiger partial charge in [-0.1, -0.05) is 122 Å². The second-order valence-corrected chi connectivity index (χ2v) is 15.6. The Hall–Kier alpha value is -6.51. The monoisotopic (exact) mass is 724 g/mol. The van der Waals surface area contributed by atoms with Crippen LogP contribution in [0.3, 0.4) is 0 Å². The Kier molecular flexibility index (Phi) is 8.49. The first-order valence-corrected chi connectivity index (χ1v) is 19.9. The van der Waals surface area contributed by atoms with Gasteiger partial charge in [0.1, 0.15) is 23.0 Å². The number of hydrogen-bond donors (Lipinski definition) is 0. The summed E-state index contributed by atoms with van der Waals surface area (Å²) in [7, 11) is 0. The van der Waals surface area contributed by atoms with Crippen LogP contribution in [-0.4, -0.2) is 6.71 Å². The molecule has 7 aromatic rings. The fourth-order valence-corrected chi connectivity index (χ4v) is 9.11. The van der Waals surface area contributed by atoms with E-state index in [9.17, 15) is 5.26 Å². The molecule has 4 nitrogen and oxygen atoms in total. The van der Waals surface area contributed by atoms with Crippen molar-refractivity contribution in [3.63, 3.8) is 0 Å². The quantitative estimate of drug-likeness (QED) is 0.160. The van der Waals surface area contributed by atoms with Crippen molar-refractivity contribution < 1.29 is 9.47 Å². The fourth-order valence-electron chi connectivity index (χ4n) is 9.11. The molecule has 0 unspecified atom stereocenters. The summed E-state index contributed by atoms with van der Waals surface area (Å²) in [4.78, 5) is 2.32. The lowest BCUT2D eigenvalue weighted by atomic mass is 9.34. The maximum absolute atomic E-state index is 10.1. The van der Waals surface area contributed by atoms with Crippen molar-refractivity contribution in [2.75, 3.05) is 4.90 Å². The van der Waals surface area contributed by atoms with E-state index in [2.05, 4.69) is 146 Å². The third kappa shape index (κ3) is 5.94. The van der Waals surface area contributed by atoms with Crippen molar-refractivity contribution in [2.24, 2.45) is 0 Å². The van der Waals surface area contributed by atoms with E-state index in [-0.39, 0.29) is 6.71 Å². The molecular weight excluding hydrogens is 683 g/mol. The second kappa shape index (κ2) is 14.0. The third-order valence-corrected chi connectivity index (χ3v) is 12.1. The largest absolute Gasteiger partial charge is 0.458 e. The molecule has 0 bridgehead atoms. The molecule has 5 heteroatoms. The van der Waals surface area contributed by atoms with Gasteiger partial charge in [0, 0.05) is 23.3 Å². The van der Waals surface area contributed by atoms with Gasteiger partial charge in [0.25, 0.3) is 6.71 Å². The van der Waals surface area contributed by atoms with Gasteiger partial charge in [0.2, 0.25) is 0 Å². The van der Waals surface area contributed by atoms with Crippen LogP contribution in [0.1, 0.15) is 60.3 Å². The number of benzene rings is 7. The minimum atomic E-state index is -0.0790. The first-order valence-electron chi connectivity index (χ1n) is 19.9. The Bertz CT molecular complexity index is 2560. The van der Waals surface area contributed by atoms with Gasteiger partial charge in [-0.15, -0.1) is 0 Å². The molecule has 0 N–H and O–H groups in total. The molecule has 1 saturated carbocycles. The molecule has 10 rings (SSSR count). The maximum atomic E-state index is 10.1. The summed E-state index contributed by atoms with van der Waals surface area (Å²) in [5.74, 6) is 3.78. The first-order chi connectivity index (χ1) is 27.5. The molecular formula is C51H41BN2O2. The number of fused-ring (bicyclic) bond motifs is 4. The van der Waals surface area contributed by atoms with E-state index in [0.717, 1.165) is 89.8 Å². The van der Waals surface area contributed by atoms with Crippen molar-refractivity contribution in [2.45, 2.75) is 51.9 Å². The maximum Gasteiger partial charge on any atom is 0.260 e. The van der Waals surface area contributed by atoms with Gasteiger partial charge in [-0.2, -0.15) is 5.26 Å². The van der Waals surface area contributed by atoms with E-state index in [4.69, 9.17) is 9.47 Å². The molecule has 3 aliphatic rings. The lowest BCUT2D eigenvalue weighted by molar-refractivity contribution is 0.443. The number of aryl methyl sites for hydroxylation is 2. The lowest BCUT2D eigenvalue weighted by Crippen LogP contribution is -2.57. The molecule has 0 aromatic heterocycles. The summed E-state index contributed by atoms with van der Waals surface area (Å²) < 4.78 is 14.0. The molecule has 0 radical (unpaired) electrons. The van der Waals surface area contributed by atoms with Crippen LogP contribution in [0.2, 0.25) is 0 Å². The molecule has 0 saturated heterocycles. The minimum Gasteiger partial charge on any atom is -0.458 e. The van der Waals surface area contributed by atoms with Gasteiger partial charge >= 0.3 is 0 Å². The average molecular weight is 725 g/mol. The normalized spacial score (nSPS) is 14.1.